The molecule has 0 aromatic heterocycles. The Kier molecular flexibility index (Phi) is 5.15. The van der Waals surface area contributed by atoms with E-state index in [9.17, 15) is 0 Å². The maximum Gasteiger partial charge on any atom is 0.178 e. The maximum absolute atomic E-state index is 5.67. The standard InChI is InChI=1S/C14H22N2O3/c1-3-17-14(18-4-2)13(16-15)11-5-6-12-10(9-11)7-8-19-12/h5-6,9,13-14,16H,3-4,7-8,15H2,1-2H3. The first-order valence-electron chi connectivity index (χ1n) is 6.75. The molecule has 19 heavy (non-hydrogen) atoms. The molecule has 1 aliphatic rings. The lowest BCUT2D eigenvalue weighted by atomic mass is 10.0. The molecule has 1 aliphatic heterocycles. The Labute approximate surface area is 114 Å². The first kappa shape index (κ1) is 14.3. The normalized spacial score (nSPS) is 15.4. The van der Waals surface area contributed by atoms with Gasteiger partial charge in [0.1, 0.15) is 5.75 Å². The Morgan fingerprint density at radius 2 is 2.05 bits per heavy atom. The van der Waals surface area contributed by atoms with Crippen molar-refractivity contribution in [3.8, 4) is 5.75 Å². The van der Waals surface area contributed by atoms with Gasteiger partial charge >= 0.3 is 0 Å². The Balaban J connectivity index is 2.19. The molecule has 0 bridgehead atoms. The minimum Gasteiger partial charge on any atom is -0.493 e. The molecular weight excluding hydrogens is 244 g/mol. The van der Waals surface area contributed by atoms with Gasteiger partial charge in [-0.15, -0.1) is 0 Å². The van der Waals surface area contributed by atoms with Crippen molar-refractivity contribution in [1.82, 2.24) is 5.43 Å². The fourth-order valence-corrected chi connectivity index (χ4v) is 2.30. The quantitative estimate of drug-likeness (QED) is 0.445. The molecule has 5 nitrogen and oxygen atoms in total. The average Bonchev–Trinajstić information content (AvgIpc) is 2.87. The Bertz CT molecular complexity index is 406. The van der Waals surface area contributed by atoms with Crippen LogP contribution in [0.25, 0.3) is 0 Å². The maximum atomic E-state index is 5.67. The molecule has 1 atom stereocenters. The van der Waals surface area contributed by atoms with Gasteiger partial charge in [0.2, 0.25) is 0 Å². The predicted molar refractivity (Wildman–Crippen MR) is 72.7 cm³/mol. The molecule has 1 heterocycles. The molecule has 0 amide bonds. The van der Waals surface area contributed by atoms with E-state index in [1.165, 1.54) is 5.56 Å². The Hall–Kier alpha value is -1.14. The van der Waals surface area contributed by atoms with Crippen LogP contribution in [-0.2, 0) is 15.9 Å². The zero-order valence-corrected chi connectivity index (χ0v) is 11.5. The van der Waals surface area contributed by atoms with Crippen LogP contribution >= 0.6 is 0 Å². The summed E-state index contributed by atoms with van der Waals surface area (Å²) in [5, 5.41) is 0. The van der Waals surface area contributed by atoms with E-state index in [0.29, 0.717) is 13.2 Å². The zero-order valence-electron chi connectivity index (χ0n) is 11.5. The van der Waals surface area contributed by atoms with Gasteiger partial charge in [0.25, 0.3) is 0 Å². The highest BCUT2D eigenvalue weighted by Crippen LogP contribution is 2.29. The van der Waals surface area contributed by atoms with Crippen LogP contribution < -0.4 is 16.0 Å². The van der Waals surface area contributed by atoms with E-state index in [0.717, 1.165) is 24.3 Å². The highest BCUT2D eigenvalue weighted by Gasteiger charge is 2.24. The van der Waals surface area contributed by atoms with Crippen molar-refractivity contribution in [1.29, 1.82) is 0 Å². The summed E-state index contributed by atoms with van der Waals surface area (Å²) in [6.45, 7) is 5.79. The number of fused-ring (bicyclic) bond motifs is 1. The zero-order chi connectivity index (χ0) is 13.7. The lowest BCUT2D eigenvalue weighted by Gasteiger charge is -2.26. The molecular formula is C14H22N2O3. The van der Waals surface area contributed by atoms with Gasteiger partial charge in [0, 0.05) is 19.6 Å². The molecule has 0 saturated heterocycles. The Morgan fingerprint density at radius 3 is 2.68 bits per heavy atom. The number of benzene rings is 1. The van der Waals surface area contributed by atoms with Crippen LogP contribution in [0.3, 0.4) is 0 Å². The fraction of sp³-hybridized carbons (Fsp3) is 0.571. The summed E-state index contributed by atoms with van der Waals surface area (Å²) in [6.07, 6.45) is 0.550. The summed E-state index contributed by atoms with van der Waals surface area (Å²) in [4.78, 5) is 0. The minimum atomic E-state index is -0.389. The molecule has 5 heteroatoms. The average molecular weight is 266 g/mol. The lowest BCUT2D eigenvalue weighted by Crippen LogP contribution is -2.39. The minimum absolute atomic E-state index is 0.189. The van der Waals surface area contributed by atoms with Gasteiger partial charge in [-0.1, -0.05) is 12.1 Å². The van der Waals surface area contributed by atoms with Crippen LogP contribution in [0.5, 0.6) is 5.75 Å². The van der Waals surface area contributed by atoms with Crippen LogP contribution in [0.1, 0.15) is 31.0 Å². The van der Waals surface area contributed by atoms with Gasteiger partial charge in [-0.25, -0.2) is 5.43 Å². The van der Waals surface area contributed by atoms with Crippen molar-refractivity contribution in [3.63, 3.8) is 0 Å². The van der Waals surface area contributed by atoms with Crippen LogP contribution in [-0.4, -0.2) is 26.1 Å². The number of ether oxygens (including phenoxy) is 3. The van der Waals surface area contributed by atoms with Gasteiger partial charge in [-0.05, 0) is 31.0 Å². The van der Waals surface area contributed by atoms with Crippen LogP contribution in [0.2, 0.25) is 0 Å². The molecule has 0 spiro atoms. The number of nitrogens with one attached hydrogen (secondary N) is 1. The number of hydrazine groups is 1. The van der Waals surface area contributed by atoms with Crippen molar-refractivity contribution >= 4 is 0 Å². The van der Waals surface area contributed by atoms with Crippen molar-refractivity contribution in [3.05, 3.63) is 29.3 Å². The third-order valence-corrected chi connectivity index (χ3v) is 3.19. The van der Waals surface area contributed by atoms with Crippen molar-refractivity contribution in [2.45, 2.75) is 32.6 Å². The van der Waals surface area contributed by atoms with E-state index in [1.54, 1.807) is 0 Å². The lowest BCUT2D eigenvalue weighted by molar-refractivity contribution is -0.155. The number of hydrogen-bond donors (Lipinski definition) is 2. The smallest absolute Gasteiger partial charge is 0.178 e. The van der Waals surface area contributed by atoms with Crippen LogP contribution in [0, 0.1) is 0 Å². The molecule has 106 valence electrons. The number of hydrogen-bond acceptors (Lipinski definition) is 5. The Morgan fingerprint density at radius 1 is 1.32 bits per heavy atom. The third kappa shape index (κ3) is 3.25. The van der Waals surface area contributed by atoms with Gasteiger partial charge in [0.15, 0.2) is 6.29 Å². The molecule has 3 N–H and O–H groups in total. The van der Waals surface area contributed by atoms with Gasteiger partial charge < -0.3 is 14.2 Å². The second-order valence-corrected chi connectivity index (χ2v) is 4.39. The van der Waals surface area contributed by atoms with Gasteiger partial charge in [-0.2, -0.15) is 0 Å². The largest absolute Gasteiger partial charge is 0.493 e. The van der Waals surface area contributed by atoms with Gasteiger partial charge in [-0.3, -0.25) is 5.84 Å². The second-order valence-electron chi connectivity index (χ2n) is 4.39. The summed E-state index contributed by atoms with van der Waals surface area (Å²) in [7, 11) is 0. The highest BCUT2D eigenvalue weighted by atomic mass is 16.7. The molecule has 2 rings (SSSR count). The van der Waals surface area contributed by atoms with Crippen molar-refractivity contribution in [2.75, 3.05) is 19.8 Å². The molecule has 0 fully saturated rings. The van der Waals surface area contributed by atoms with Crippen molar-refractivity contribution in [2.24, 2.45) is 5.84 Å². The molecule has 0 saturated carbocycles. The van der Waals surface area contributed by atoms with Crippen LogP contribution in [0.4, 0.5) is 0 Å². The van der Waals surface area contributed by atoms with E-state index >= 15 is 0 Å². The molecule has 0 aliphatic carbocycles. The predicted octanol–water partition coefficient (Wildman–Crippen LogP) is 1.53. The highest BCUT2D eigenvalue weighted by molar-refractivity contribution is 5.40. The first-order chi connectivity index (χ1) is 9.30. The number of nitrogens with two attached hydrogens (primary N) is 1. The van der Waals surface area contributed by atoms with Crippen LogP contribution in [0.15, 0.2) is 18.2 Å². The second kappa shape index (κ2) is 6.86. The summed E-state index contributed by atoms with van der Waals surface area (Å²) in [6, 6.07) is 5.90. The van der Waals surface area contributed by atoms with Crippen molar-refractivity contribution < 1.29 is 14.2 Å². The summed E-state index contributed by atoms with van der Waals surface area (Å²) in [5.74, 6) is 6.63. The van der Waals surface area contributed by atoms with E-state index in [-0.39, 0.29) is 12.3 Å². The van der Waals surface area contributed by atoms with E-state index in [4.69, 9.17) is 20.1 Å². The summed E-state index contributed by atoms with van der Waals surface area (Å²) < 4.78 is 16.7. The van der Waals surface area contributed by atoms with E-state index in [1.807, 2.05) is 26.0 Å². The molecule has 1 unspecified atom stereocenters. The molecule has 1 aromatic rings. The fourth-order valence-electron chi connectivity index (χ4n) is 2.30. The monoisotopic (exact) mass is 266 g/mol. The first-order valence-corrected chi connectivity index (χ1v) is 6.75. The SMILES string of the molecule is CCOC(OCC)C(NN)c1ccc2c(c1)CCO2. The number of rotatable bonds is 7. The summed E-state index contributed by atoms with van der Waals surface area (Å²) >= 11 is 0. The van der Waals surface area contributed by atoms with E-state index in [2.05, 4.69) is 11.5 Å². The summed E-state index contributed by atoms with van der Waals surface area (Å²) in [5.41, 5.74) is 5.06. The van der Waals surface area contributed by atoms with Gasteiger partial charge in [0.05, 0.1) is 12.6 Å². The topological polar surface area (TPSA) is 65.7 Å². The molecule has 0 radical (unpaired) electrons. The third-order valence-electron chi connectivity index (χ3n) is 3.19. The molecule has 1 aromatic carbocycles. The van der Waals surface area contributed by atoms with E-state index < -0.39 is 0 Å².